The number of likely N-dealkylation sites (N-methyl/N-ethyl adjacent to an activating group) is 1. The van der Waals surface area contributed by atoms with Crippen LogP contribution in [0.2, 0.25) is 5.02 Å². The topological polar surface area (TPSA) is 126 Å². The van der Waals surface area contributed by atoms with Crippen LogP contribution < -0.4 is 21.3 Å². The van der Waals surface area contributed by atoms with E-state index in [1.165, 1.54) is 37.2 Å². The number of likely N-dealkylation sites (tertiary alicyclic amines) is 1. The third kappa shape index (κ3) is 6.79. The molecule has 244 valence electrons. The van der Waals surface area contributed by atoms with Crippen LogP contribution in [0.4, 0.5) is 14.9 Å². The van der Waals surface area contributed by atoms with E-state index in [0.717, 1.165) is 32.2 Å². The van der Waals surface area contributed by atoms with Crippen LogP contribution in [0.15, 0.2) is 52.2 Å². The van der Waals surface area contributed by atoms with Crippen LogP contribution >= 0.6 is 11.6 Å². The maximum Gasteiger partial charge on any atom is 0.331 e. The molecule has 1 N–H and O–H groups in total. The van der Waals surface area contributed by atoms with Gasteiger partial charge in [-0.1, -0.05) is 23.7 Å². The largest absolute Gasteiger partial charge is 0.497 e. The monoisotopic (exact) mass is 654 g/mol. The molecule has 0 unspecified atom stereocenters. The second kappa shape index (κ2) is 13.8. The number of benzene rings is 2. The number of carbonyl (C=O) groups excluding carboxylic acids is 3. The van der Waals surface area contributed by atoms with E-state index in [9.17, 15) is 28.4 Å². The van der Waals surface area contributed by atoms with Crippen molar-refractivity contribution in [2.24, 2.45) is 0 Å². The molecule has 0 aliphatic carbocycles. The number of aromatic nitrogens is 2. The summed E-state index contributed by atoms with van der Waals surface area (Å²) in [6.07, 6.45) is 2.99. The van der Waals surface area contributed by atoms with Gasteiger partial charge in [-0.2, -0.15) is 0 Å². The highest BCUT2D eigenvalue weighted by Crippen LogP contribution is 2.29. The van der Waals surface area contributed by atoms with E-state index in [1.54, 1.807) is 18.1 Å². The molecule has 12 nitrogen and oxygen atoms in total. The number of halogens is 2. The standard InChI is InChI=1S/C32H36ClFN6O6/c1-20(41)36(2)15-16-40-30(43)25(24-5-4-6-26(34)29(24)33)18-38(32(40)45)19-28(42)37-12-10-22(11-13-37)39-14-9-21-17-23(46-3)7-8-27(21)35-31(39)44/h4-8,17-18,22H,9-16,19H2,1-3H3,(H,35,44). The molecule has 3 aromatic rings. The van der Waals surface area contributed by atoms with Gasteiger partial charge in [0, 0.05) is 70.2 Å². The van der Waals surface area contributed by atoms with Gasteiger partial charge in [-0.25, -0.2) is 14.0 Å². The van der Waals surface area contributed by atoms with Crippen LogP contribution in [0.25, 0.3) is 11.1 Å². The van der Waals surface area contributed by atoms with Gasteiger partial charge in [-0.05, 0) is 49.1 Å². The first-order chi connectivity index (χ1) is 22.0. The number of nitrogens with one attached hydrogen (secondary N) is 1. The summed E-state index contributed by atoms with van der Waals surface area (Å²) in [5, 5.41) is 2.70. The maximum absolute atomic E-state index is 14.3. The van der Waals surface area contributed by atoms with Crippen LogP contribution in [0.1, 0.15) is 25.3 Å². The molecular formula is C32H36ClFN6O6. The quantitative estimate of drug-likeness (QED) is 0.398. The summed E-state index contributed by atoms with van der Waals surface area (Å²) < 4.78 is 21.7. The maximum atomic E-state index is 14.3. The Bertz CT molecular complexity index is 1780. The molecule has 14 heteroatoms. The normalized spacial score (nSPS) is 15.2. The first-order valence-electron chi connectivity index (χ1n) is 15.0. The number of amides is 4. The number of carbonyl (C=O) groups is 3. The minimum absolute atomic E-state index is 0.0492. The number of piperidine rings is 1. The number of methoxy groups -OCH3 is 1. The molecule has 1 saturated heterocycles. The number of ether oxygens (including phenoxy) is 1. The predicted octanol–water partition coefficient (Wildman–Crippen LogP) is 3.04. The van der Waals surface area contributed by atoms with Crippen molar-refractivity contribution in [2.75, 3.05) is 45.7 Å². The second-order valence-corrected chi connectivity index (χ2v) is 11.8. The molecule has 0 bridgehead atoms. The number of nitrogens with zero attached hydrogens (tertiary/aromatic N) is 5. The molecular weight excluding hydrogens is 619 g/mol. The lowest BCUT2D eigenvalue weighted by Crippen LogP contribution is -2.51. The summed E-state index contributed by atoms with van der Waals surface area (Å²) in [4.78, 5) is 70.0. The summed E-state index contributed by atoms with van der Waals surface area (Å²) in [6, 6.07) is 9.29. The van der Waals surface area contributed by atoms with Gasteiger partial charge in [-0.15, -0.1) is 0 Å². The van der Waals surface area contributed by atoms with E-state index >= 15 is 0 Å². The molecule has 4 amide bonds. The molecule has 1 aromatic heterocycles. The SMILES string of the molecule is COc1ccc2c(c1)CCN(C1CCN(C(=O)Cn3cc(-c4cccc(F)c4Cl)c(=O)n(CCN(C)C(C)=O)c3=O)CC1)C(=O)N2. The van der Waals surface area contributed by atoms with Crippen LogP contribution in [-0.4, -0.2) is 88.1 Å². The Labute approximate surface area is 269 Å². The van der Waals surface area contributed by atoms with Gasteiger partial charge in [0.05, 0.1) is 17.7 Å². The van der Waals surface area contributed by atoms with Gasteiger partial charge in [0.15, 0.2) is 0 Å². The van der Waals surface area contributed by atoms with Gasteiger partial charge in [-0.3, -0.25) is 23.5 Å². The first kappa shape index (κ1) is 32.7. The molecule has 46 heavy (non-hydrogen) atoms. The number of urea groups is 1. The number of fused-ring (bicyclic) bond motifs is 1. The third-order valence-electron chi connectivity index (χ3n) is 8.68. The smallest absolute Gasteiger partial charge is 0.331 e. The van der Waals surface area contributed by atoms with E-state index in [-0.39, 0.29) is 59.7 Å². The van der Waals surface area contributed by atoms with E-state index in [0.29, 0.717) is 38.9 Å². The lowest BCUT2D eigenvalue weighted by Gasteiger charge is -2.38. The van der Waals surface area contributed by atoms with Crippen molar-refractivity contribution >= 4 is 35.1 Å². The van der Waals surface area contributed by atoms with Crippen molar-refractivity contribution in [3.63, 3.8) is 0 Å². The van der Waals surface area contributed by atoms with Gasteiger partial charge >= 0.3 is 11.7 Å². The summed E-state index contributed by atoms with van der Waals surface area (Å²) in [5.74, 6) is -0.612. The molecule has 0 radical (unpaired) electrons. The number of hydrogen-bond acceptors (Lipinski definition) is 6. The fourth-order valence-corrected chi connectivity index (χ4v) is 6.07. The van der Waals surface area contributed by atoms with Crippen LogP contribution in [0.3, 0.4) is 0 Å². The van der Waals surface area contributed by atoms with Gasteiger partial charge < -0.3 is 24.8 Å². The van der Waals surface area contributed by atoms with Crippen molar-refractivity contribution in [1.82, 2.24) is 23.8 Å². The Morgan fingerprint density at radius 2 is 1.83 bits per heavy atom. The molecule has 0 atom stereocenters. The average Bonchev–Trinajstić information content (AvgIpc) is 3.21. The van der Waals surface area contributed by atoms with Crippen molar-refractivity contribution < 1.29 is 23.5 Å². The predicted molar refractivity (Wildman–Crippen MR) is 171 cm³/mol. The second-order valence-electron chi connectivity index (χ2n) is 11.5. The van der Waals surface area contributed by atoms with Gasteiger partial charge in [0.1, 0.15) is 18.1 Å². The molecule has 2 aromatic carbocycles. The minimum atomic E-state index is -0.737. The van der Waals surface area contributed by atoms with Gasteiger partial charge in [0.25, 0.3) is 5.56 Å². The number of anilines is 1. The molecule has 0 saturated carbocycles. The molecule has 2 aliphatic heterocycles. The Morgan fingerprint density at radius 1 is 1.09 bits per heavy atom. The van der Waals surface area contributed by atoms with Crippen molar-refractivity contribution in [3.05, 3.63) is 79.8 Å². The number of hydrogen-bond donors (Lipinski definition) is 1. The Morgan fingerprint density at radius 3 is 2.52 bits per heavy atom. The van der Waals surface area contributed by atoms with E-state index < -0.39 is 17.1 Å². The summed E-state index contributed by atoms with van der Waals surface area (Å²) in [5.41, 5.74) is 0.320. The van der Waals surface area contributed by atoms with Crippen LogP contribution in [0, 0.1) is 5.82 Å². The molecule has 0 spiro atoms. The molecule has 3 heterocycles. The van der Waals surface area contributed by atoms with Gasteiger partial charge in [0.2, 0.25) is 11.8 Å². The van der Waals surface area contributed by atoms with E-state index in [1.807, 2.05) is 17.0 Å². The average molecular weight is 655 g/mol. The first-order valence-corrected chi connectivity index (χ1v) is 15.4. The van der Waals surface area contributed by atoms with E-state index in [4.69, 9.17) is 16.3 Å². The van der Waals surface area contributed by atoms with E-state index in [2.05, 4.69) is 5.32 Å². The van der Waals surface area contributed by atoms with Crippen molar-refractivity contribution in [3.8, 4) is 16.9 Å². The Kier molecular flexibility index (Phi) is 9.80. The zero-order chi connectivity index (χ0) is 33.1. The van der Waals surface area contributed by atoms with Crippen molar-refractivity contribution in [2.45, 2.75) is 45.3 Å². The van der Waals surface area contributed by atoms with Crippen LogP contribution in [-0.2, 0) is 29.1 Å². The minimum Gasteiger partial charge on any atom is -0.497 e. The fraction of sp³-hybridized carbons (Fsp3) is 0.406. The zero-order valence-corrected chi connectivity index (χ0v) is 26.7. The molecule has 1 fully saturated rings. The Hall–Kier alpha value is -4.65. The highest BCUT2D eigenvalue weighted by atomic mass is 35.5. The highest BCUT2D eigenvalue weighted by Gasteiger charge is 2.32. The zero-order valence-electron chi connectivity index (χ0n) is 25.9. The Balaban J connectivity index is 1.32. The molecule has 5 rings (SSSR count). The van der Waals surface area contributed by atoms with Crippen LogP contribution in [0.5, 0.6) is 5.75 Å². The highest BCUT2D eigenvalue weighted by molar-refractivity contribution is 6.33. The lowest BCUT2D eigenvalue weighted by atomic mass is 10.0. The summed E-state index contributed by atoms with van der Waals surface area (Å²) in [7, 11) is 3.14. The lowest BCUT2D eigenvalue weighted by molar-refractivity contribution is -0.133. The number of rotatable bonds is 8. The third-order valence-corrected chi connectivity index (χ3v) is 9.06. The molecule has 2 aliphatic rings. The fourth-order valence-electron chi connectivity index (χ4n) is 5.84. The van der Waals surface area contributed by atoms with Crippen molar-refractivity contribution in [1.29, 1.82) is 0 Å². The summed E-state index contributed by atoms with van der Waals surface area (Å²) in [6.45, 7) is 2.18. The summed E-state index contributed by atoms with van der Waals surface area (Å²) >= 11 is 6.20.